The van der Waals surface area contributed by atoms with Crippen LogP contribution in [0.15, 0.2) is 28.8 Å². The van der Waals surface area contributed by atoms with E-state index in [-0.39, 0.29) is 5.82 Å². The lowest BCUT2D eigenvalue weighted by Crippen LogP contribution is -2.26. The van der Waals surface area contributed by atoms with Crippen LogP contribution in [-0.2, 0) is 6.42 Å². The minimum absolute atomic E-state index is 0.274. The molecule has 0 spiro atoms. The van der Waals surface area contributed by atoms with Gasteiger partial charge < -0.3 is 9.84 Å². The molecule has 5 heteroatoms. The number of hydrogen-bond acceptors (Lipinski definition) is 4. The highest BCUT2D eigenvalue weighted by atomic mass is 19.1. The fourth-order valence-corrected chi connectivity index (χ4v) is 1.72. The van der Waals surface area contributed by atoms with Gasteiger partial charge in [0.15, 0.2) is 0 Å². The van der Waals surface area contributed by atoms with E-state index >= 15 is 0 Å². The summed E-state index contributed by atoms with van der Waals surface area (Å²) < 4.78 is 18.0. The topological polar surface area (TPSA) is 51.0 Å². The van der Waals surface area contributed by atoms with Gasteiger partial charge in [0.2, 0.25) is 11.7 Å². The Balaban J connectivity index is 2.12. The lowest BCUT2D eigenvalue weighted by molar-refractivity contribution is 0.359. The molecule has 18 heavy (non-hydrogen) atoms. The van der Waals surface area contributed by atoms with Crippen LogP contribution in [0.5, 0.6) is 0 Å². The first-order valence-electron chi connectivity index (χ1n) is 5.98. The molecule has 1 heterocycles. The zero-order chi connectivity index (χ0) is 13.0. The third-order valence-electron chi connectivity index (χ3n) is 2.89. The number of likely N-dealkylation sites (N-methyl/N-ethyl adjacent to an activating group) is 1. The minimum atomic E-state index is -0.274. The van der Waals surface area contributed by atoms with Crippen LogP contribution in [0.2, 0.25) is 0 Å². The van der Waals surface area contributed by atoms with E-state index in [1.807, 2.05) is 7.05 Å². The van der Waals surface area contributed by atoms with Gasteiger partial charge in [-0.05, 0) is 37.7 Å². The van der Waals surface area contributed by atoms with Crippen molar-refractivity contribution in [2.45, 2.75) is 25.8 Å². The largest absolute Gasteiger partial charge is 0.339 e. The van der Waals surface area contributed by atoms with Crippen LogP contribution in [0.4, 0.5) is 4.39 Å². The average molecular weight is 249 g/mol. The molecule has 0 aliphatic heterocycles. The summed E-state index contributed by atoms with van der Waals surface area (Å²) in [5, 5.41) is 7.08. The van der Waals surface area contributed by atoms with Crippen molar-refractivity contribution in [1.82, 2.24) is 15.5 Å². The maximum absolute atomic E-state index is 12.8. The molecule has 1 unspecified atom stereocenters. The van der Waals surface area contributed by atoms with Crippen molar-refractivity contribution in [3.63, 3.8) is 0 Å². The molecule has 96 valence electrons. The van der Waals surface area contributed by atoms with E-state index in [1.165, 1.54) is 12.1 Å². The Labute approximate surface area is 105 Å². The second kappa shape index (κ2) is 5.73. The van der Waals surface area contributed by atoms with Crippen LogP contribution in [0.3, 0.4) is 0 Å². The Morgan fingerprint density at radius 2 is 2.06 bits per heavy atom. The molecule has 2 rings (SSSR count). The lowest BCUT2D eigenvalue weighted by atomic mass is 10.1. The van der Waals surface area contributed by atoms with Gasteiger partial charge in [0, 0.05) is 18.0 Å². The summed E-state index contributed by atoms with van der Waals surface area (Å²) >= 11 is 0. The van der Waals surface area contributed by atoms with E-state index < -0.39 is 0 Å². The molecular weight excluding hydrogens is 233 g/mol. The predicted molar refractivity (Wildman–Crippen MR) is 66.5 cm³/mol. The predicted octanol–water partition coefficient (Wildman–Crippen LogP) is 2.42. The Morgan fingerprint density at radius 3 is 2.67 bits per heavy atom. The van der Waals surface area contributed by atoms with Crippen LogP contribution >= 0.6 is 0 Å². The molecule has 1 aromatic heterocycles. The highest BCUT2D eigenvalue weighted by Gasteiger charge is 2.12. The Bertz CT molecular complexity index is 491. The van der Waals surface area contributed by atoms with Crippen LogP contribution in [0.1, 0.15) is 19.2 Å². The third-order valence-corrected chi connectivity index (χ3v) is 2.89. The zero-order valence-electron chi connectivity index (χ0n) is 10.5. The molecule has 0 saturated carbocycles. The number of hydrogen-bond donors (Lipinski definition) is 1. The van der Waals surface area contributed by atoms with Gasteiger partial charge in [-0.2, -0.15) is 4.98 Å². The normalized spacial score (nSPS) is 12.6. The van der Waals surface area contributed by atoms with Crippen molar-refractivity contribution in [2.24, 2.45) is 0 Å². The molecule has 0 bridgehead atoms. The minimum Gasteiger partial charge on any atom is -0.339 e. The summed E-state index contributed by atoms with van der Waals surface area (Å²) in [6.45, 7) is 2.10. The summed E-state index contributed by atoms with van der Waals surface area (Å²) in [5.74, 6) is 0.815. The first kappa shape index (κ1) is 12.7. The smallest absolute Gasteiger partial charge is 0.228 e. The Hall–Kier alpha value is -1.75. The number of benzene rings is 1. The van der Waals surface area contributed by atoms with Gasteiger partial charge in [0.05, 0.1) is 0 Å². The second-order valence-corrected chi connectivity index (χ2v) is 4.12. The van der Waals surface area contributed by atoms with E-state index in [9.17, 15) is 4.39 Å². The SMILES string of the molecule is CCC(Cc1nc(-c2ccc(F)cc2)no1)NC. The number of nitrogens with zero attached hydrogens (tertiary/aromatic N) is 2. The highest BCUT2D eigenvalue weighted by Crippen LogP contribution is 2.16. The molecule has 1 aromatic carbocycles. The molecule has 1 N–H and O–H groups in total. The quantitative estimate of drug-likeness (QED) is 0.884. The summed E-state index contributed by atoms with van der Waals surface area (Å²) in [5.41, 5.74) is 0.754. The monoisotopic (exact) mass is 249 g/mol. The molecule has 4 nitrogen and oxygen atoms in total. The molecular formula is C13H16FN3O. The van der Waals surface area contributed by atoms with Gasteiger partial charge in [-0.3, -0.25) is 0 Å². The molecule has 0 fully saturated rings. The van der Waals surface area contributed by atoms with E-state index in [2.05, 4.69) is 22.4 Å². The summed E-state index contributed by atoms with van der Waals surface area (Å²) in [6, 6.07) is 6.37. The Kier molecular flexibility index (Phi) is 4.04. The van der Waals surface area contributed by atoms with Gasteiger partial charge >= 0.3 is 0 Å². The summed E-state index contributed by atoms with van der Waals surface area (Å²) in [4.78, 5) is 4.31. The van der Waals surface area contributed by atoms with Crippen LogP contribution in [0.25, 0.3) is 11.4 Å². The van der Waals surface area contributed by atoms with Crippen LogP contribution < -0.4 is 5.32 Å². The van der Waals surface area contributed by atoms with Gasteiger partial charge in [-0.15, -0.1) is 0 Å². The maximum Gasteiger partial charge on any atom is 0.228 e. The van der Waals surface area contributed by atoms with Gasteiger partial charge in [0.25, 0.3) is 0 Å². The van der Waals surface area contributed by atoms with Crippen molar-refractivity contribution in [2.75, 3.05) is 7.05 Å². The molecule has 0 aliphatic rings. The molecule has 0 radical (unpaired) electrons. The number of halogens is 1. The number of aromatic nitrogens is 2. The third kappa shape index (κ3) is 2.92. The van der Waals surface area contributed by atoms with Crippen molar-refractivity contribution in [3.8, 4) is 11.4 Å². The average Bonchev–Trinajstić information content (AvgIpc) is 2.85. The Morgan fingerprint density at radius 1 is 1.33 bits per heavy atom. The van der Waals surface area contributed by atoms with E-state index in [4.69, 9.17) is 4.52 Å². The van der Waals surface area contributed by atoms with Gasteiger partial charge in [-0.25, -0.2) is 4.39 Å². The standard InChI is InChI=1S/C13H16FN3O/c1-3-11(15-2)8-12-16-13(17-18-12)9-4-6-10(14)7-5-9/h4-7,11,15H,3,8H2,1-2H3. The summed E-state index contributed by atoms with van der Waals surface area (Å²) in [7, 11) is 1.91. The van der Waals surface area contributed by atoms with Crippen molar-refractivity contribution >= 4 is 0 Å². The first-order chi connectivity index (χ1) is 8.72. The van der Waals surface area contributed by atoms with Crippen LogP contribution in [-0.4, -0.2) is 23.2 Å². The van der Waals surface area contributed by atoms with Crippen molar-refractivity contribution in [3.05, 3.63) is 36.0 Å². The van der Waals surface area contributed by atoms with Gasteiger partial charge in [-0.1, -0.05) is 12.1 Å². The van der Waals surface area contributed by atoms with E-state index in [0.717, 1.165) is 12.0 Å². The zero-order valence-corrected chi connectivity index (χ0v) is 10.5. The second-order valence-electron chi connectivity index (χ2n) is 4.12. The summed E-state index contributed by atoms with van der Waals surface area (Å²) in [6.07, 6.45) is 1.69. The molecule has 0 aliphatic carbocycles. The molecule has 0 amide bonds. The first-order valence-corrected chi connectivity index (χ1v) is 5.98. The maximum atomic E-state index is 12.8. The van der Waals surface area contributed by atoms with E-state index in [0.29, 0.717) is 24.2 Å². The lowest BCUT2D eigenvalue weighted by Gasteiger charge is -2.09. The van der Waals surface area contributed by atoms with Crippen molar-refractivity contribution < 1.29 is 8.91 Å². The van der Waals surface area contributed by atoms with Crippen molar-refractivity contribution in [1.29, 1.82) is 0 Å². The number of nitrogens with one attached hydrogen (secondary N) is 1. The highest BCUT2D eigenvalue weighted by molar-refractivity contribution is 5.53. The molecule has 0 saturated heterocycles. The fourth-order valence-electron chi connectivity index (χ4n) is 1.72. The molecule has 1 atom stereocenters. The van der Waals surface area contributed by atoms with E-state index in [1.54, 1.807) is 12.1 Å². The fraction of sp³-hybridized carbons (Fsp3) is 0.385. The van der Waals surface area contributed by atoms with Gasteiger partial charge in [0.1, 0.15) is 5.82 Å². The van der Waals surface area contributed by atoms with Crippen LogP contribution in [0, 0.1) is 5.82 Å². The number of rotatable bonds is 5. The molecule has 2 aromatic rings.